The lowest BCUT2D eigenvalue weighted by Crippen LogP contribution is -2.10. The molecule has 0 aliphatic rings. The summed E-state index contributed by atoms with van der Waals surface area (Å²) >= 11 is 0. The first-order valence-corrected chi connectivity index (χ1v) is 7.14. The molecular weight excluding hydrogens is 290 g/mol. The van der Waals surface area contributed by atoms with Crippen LogP contribution in [-0.4, -0.2) is 27.1 Å². The van der Waals surface area contributed by atoms with E-state index >= 15 is 0 Å². The van der Waals surface area contributed by atoms with Gasteiger partial charge in [0.2, 0.25) is 5.91 Å². The van der Waals surface area contributed by atoms with Crippen molar-refractivity contribution < 1.29 is 4.79 Å². The van der Waals surface area contributed by atoms with Gasteiger partial charge in [-0.1, -0.05) is 12.7 Å². The van der Waals surface area contributed by atoms with Crippen LogP contribution in [-0.2, 0) is 4.79 Å². The van der Waals surface area contributed by atoms with Gasteiger partial charge in [-0.3, -0.25) is 4.79 Å². The number of hydrogen-bond donors (Lipinski definition) is 2. The van der Waals surface area contributed by atoms with Crippen molar-refractivity contribution in [2.24, 2.45) is 10.2 Å². The molecular formula is C17H23N5O. The fourth-order valence-corrected chi connectivity index (χ4v) is 1.65. The average Bonchev–Trinajstić information content (AvgIpc) is 2.49. The summed E-state index contributed by atoms with van der Waals surface area (Å²) in [6, 6.07) is 5.57. The molecule has 0 radical (unpaired) electrons. The zero-order valence-corrected chi connectivity index (χ0v) is 14.0. The summed E-state index contributed by atoms with van der Waals surface area (Å²) in [5.74, 6) is -0.159. The Balaban J connectivity index is 2.95. The Morgan fingerprint density at radius 3 is 2.65 bits per heavy atom. The summed E-state index contributed by atoms with van der Waals surface area (Å²) in [7, 11) is 5.68. The molecule has 0 saturated heterocycles. The Morgan fingerprint density at radius 2 is 2.04 bits per heavy atom. The Morgan fingerprint density at radius 1 is 1.30 bits per heavy atom. The molecule has 0 unspecified atom stereocenters. The molecule has 2 N–H and O–H groups in total. The molecule has 0 fully saturated rings. The molecule has 122 valence electrons. The summed E-state index contributed by atoms with van der Waals surface area (Å²) < 4.78 is 0. The van der Waals surface area contributed by atoms with Crippen molar-refractivity contribution in [1.29, 1.82) is 0 Å². The van der Waals surface area contributed by atoms with Crippen LogP contribution in [0.4, 0.5) is 17.1 Å². The third-order valence-corrected chi connectivity index (χ3v) is 2.76. The molecule has 6 heteroatoms. The van der Waals surface area contributed by atoms with E-state index < -0.39 is 0 Å². The number of allylic oxidation sites excluding steroid dienone is 3. The molecule has 1 aromatic rings. The number of benzene rings is 1. The van der Waals surface area contributed by atoms with Crippen LogP contribution in [0.15, 0.2) is 65.1 Å². The summed E-state index contributed by atoms with van der Waals surface area (Å²) in [5.41, 5.74) is 2.66. The molecule has 6 nitrogen and oxygen atoms in total. The first kappa shape index (κ1) is 18.2. The molecule has 23 heavy (non-hydrogen) atoms. The normalized spacial score (nSPS) is 11.3. The van der Waals surface area contributed by atoms with Gasteiger partial charge in [-0.2, -0.15) is 5.11 Å². The summed E-state index contributed by atoms with van der Waals surface area (Å²) in [4.78, 5) is 13.3. The van der Waals surface area contributed by atoms with E-state index in [1.54, 1.807) is 12.3 Å². The van der Waals surface area contributed by atoms with Gasteiger partial charge in [-0.05, 0) is 36.6 Å². The minimum Gasteiger partial charge on any atom is -0.394 e. The quantitative estimate of drug-likeness (QED) is 0.597. The van der Waals surface area contributed by atoms with Crippen LogP contribution in [0.1, 0.15) is 6.92 Å². The first-order chi connectivity index (χ1) is 10.9. The van der Waals surface area contributed by atoms with Gasteiger partial charge >= 0.3 is 0 Å². The highest BCUT2D eigenvalue weighted by Crippen LogP contribution is 2.30. The number of carbonyl (C=O) groups is 1. The highest BCUT2D eigenvalue weighted by molar-refractivity contribution is 5.92. The van der Waals surface area contributed by atoms with E-state index in [0.29, 0.717) is 17.1 Å². The van der Waals surface area contributed by atoms with E-state index in [1.807, 2.05) is 56.4 Å². The van der Waals surface area contributed by atoms with Gasteiger partial charge in [0.25, 0.3) is 0 Å². The fraction of sp³-hybridized carbons (Fsp3) is 0.235. The van der Waals surface area contributed by atoms with Crippen LogP contribution < -0.4 is 15.5 Å². The van der Waals surface area contributed by atoms with Crippen molar-refractivity contribution in [2.45, 2.75) is 6.92 Å². The third kappa shape index (κ3) is 6.60. The molecule has 0 aromatic heterocycles. The van der Waals surface area contributed by atoms with E-state index in [0.717, 1.165) is 5.69 Å². The monoisotopic (exact) mass is 313 g/mol. The van der Waals surface area contributed by atoms with Crippen LogP contribution >= 0.6 is 0 Å². The molecule has 0 aliphatic heterocycles. The van der Waals surface area contributed by atoms with E-state index in [2.05, 4.69) is 27.4 Å². The Hall–Kier alpha value is -2.89. The minimum absolute atomic E-state index is 0.159. The predicted molar refractivity (Wildman–Crippen MR) is 96.1 cm³/mol. The fourth-order valence-electron chi connectivity index (χ4n) is 1.65. The molecule has 0 saturated carbocycles. The maximum absolute atomic E-state index is 11.3. The molecule has 1 rings (SSSR count). The van der Waals surface area contributed by atoms with Crippen LogP contribution in [0.3, 0.4) is 0 Å². The zero-order chi connectivity index (χ0) is 17.2. The minimum atomic E-state index is -0.159. The molecule has 0 spiro atoms. The standard InChI is InChI=1S/C17H23N5O/c1-13(8-6-7-11-18-3)20-21-16-10-9-15(22(4)5)12-17(16)19-14(2)23/h6-12,18H,1H2,2-5H3,(H,19,23)/b8-6-,11-7-,21-20+. The van der Waals surface area contributed by atoms with E-state index in [1.165, 1.54) is 6.92 Å². The number of carbonyl (C=O) groups excluding carboxylic acids is 1. The second-order valence-electron chi connectivity index (χ2n) is 4.98. The number of anilines is 2. The highest BCUT2D eigenvalue weighted by atomic mass is 16.1. The predicted octanol–water partition coefficient (Wildman–Crippen LogP) is 3.60. The number of azo groups is 1. The Kier molecular flexibility index (Phi) is 7.26. The third-order valence-electron chi connectivity index (χ3n) is 2.76. The number of nitrogens with zero attached hydrogens (tertiary/aromatic N) is 3. The SMILES string of the molecule is C=C(/C=C\C=C/NC)/N=N/c1ccc(N(C)C)cc1NC(C)=O. The summed E-state index contributed by atoms with van der Waals surface area (Å²) in [6.07, 6.45) is 7.16. The van der Waals surface area contributed by atoms with Crippen molar-refractivity contribution in [3.63, 3.8) is 0 Å². The Bertz CT molecular complexity index is 644. The number of hydrogen-bond acceptors (Lipinski definition) is 5. The van der Waals surface area contributed by atoms with E-state index in [9.17, 15) is 4.79 Å². The van der Waals surface area contributed by atoms with Gasteiger partial charge < -0.3 is 15.5 Å². The lowest BCUT2D eigenvalue weighted by atomic mass is 10.2. The van der Waals surface area contributed by atoms with E-state index in [-0.39, 0.29) is 5.91 Å². The van der Waals surface area contributed by atoms with Gasteiger partial charge in [-0.25, -0.2) is 0 Å². The smallest absolute Gasteiger partial charge is 0.221 e. The number of amides is 1. The maximum atomic E-state index is 11.3. The van der Waals surface area contributed by atoms with Crippen LogP contribution in [0.2, 0.25) is 0 Å². The molecule has 0 aliphatic carbocycles. The number of nitrogens with one attached hydrogen (secondary N) is 2. The van der Waals surface area contributed by atoms with Gasteiger partial charge in [-0.15, -0.1) is 5.11 Å². The van der Waals surface area contributed by atoms with Crippen LogP contribution in [0.25, 0.3) is 0 Å². The van der Waals surface area contributed by atoms with Crippen molar-refractivity contribution in [3.05, 3.63) is 54.9 Å². The maximum Gasteiger partial charge on any atom is 0.221 e. The summed E-state index contributed by atoms with van der Waals surface area (Å²) in [6.45, 7) is 5.26. The molecule has 0 bridgehead atoms. The van der Waals surface area contributed by atoms with Crippen molar-refractivity contribution in [1.82, 2.24) is 5.32 Å². The first-order valence-electron chi connectivity index (χ1n) is 7.14. The van der Waals surface area contributed by atoms with Crippen molar-refractivity contribution in [2.75, 3.05) is 31.4 Å². The second kappa shape index (κ2) is 9.19. The van der Waals surface area contributed by atoms with Crippen LogP contribution in [0, 0.1) is 0 Å². The lowest BCUT2D eigenvalue weighted by Gasteiger charge is -2.15. The number of rotatable bonds is 7. The molecule has 1 aromatic carbocycles. The Labute approximate surface area is 137 Å². The molecule has 0 heterocycles. The average molecular weight is 313 g/mol. The topological polar surface area (TPSA) is 69.1 Å². The van der Waals surface area contributed by atoms with Crippen LogP contribution in [0.5, 0.6) is 0 Å². The largest absolute Gasteiger partial charge is 0.394 e. The van der Waals surface area contributed by atoms with Gasteiger partial charge in [0.15, 0.2) is 0 Å². The molecule has 1 amide bonds. The lowest BCUT2D eigenvalue weighted by molar-refractivity contribution is -0.114. The zero-order valence-electron chi connectivity index (χ0n) is 14.0. The van der Waals surface area contributed by atoms with Gasteiger partial charge in [0.1, 0.15) is 5.69 Å². The van der Waals surface area contributed by atoms with Crippen molar-refractivity contribution in [3.8, 4) is 0 Å². The van der Waals surface area contributed by atoms with Crippen molar-refractivity contribution >= 4 is 23.0 Å². The van der Waals surface area contributed by atoms with Gasteiger partial charge in [0, 0.05) is 33.8 Å². The highest BCUT2D eigenvalue weighted by Gasteiger charge is 2.06. The second-order valence-corrected chi connectivity index (χ2v) is 4.98. The molecule has 0 atom stereocenters. The van der Waals surface area contributed by atoms with E-state index in [4.69, 9.17) is 0 Å². The summed E-state index contributed by atoms with van der Waals surface area (Å²) in [5, 5.41) is 13.9. The van der Waals surface area contributed by atoms with Gasteiger partial charge in [0.05, 0.1) is 11.4 Å².